The molecule has 1 fully saturated rings. The van der Waals surface area contributed by atoms with E-state index in [2.05, 4.69) is 20.8 Å². The molecule has 1 aliphatic heterocycles. The number of aromatic nitrogens is 3. The van der Waals surface area contributed by atoms with Crippen LogP contribution in [0.3, 0.4) is 0 Å². The van der Waals surface area contributed by atoms with E-state index in [-0.39, 0.29) is 0 Å². The maximum atomic E-state index is 12.1. The summed E-state index contributed by atoms with van der Waals surface area (Å²) in [4.78, 5) is 12.1. The van der Waals surface area contributed by atoms with Gasteiger partial charge in [0.15, 0.2) is 5.82 Å². The second-order valence-corrected chi connectivity index (χ2v) is 6.27. The smallest absolute Gasteiger partial charge is 0.408 e. The molecule has 1 amide bonds. The number of carbonyl (C=O) groups is 1. The van der Waals surface area contributed by atoms with E-state index in [0.717, 1.165) is 24.6 Å². The summed E-state index contributed by atoms with van der Waals surface area (Å²) in [6, 6.07) is 0. The van der Waals surface area contributed by atoms with Crippen LogP contribution in [0.5, 0.6) is 0 Å². The van der Waals surface area contributed by atoms with Crippen LogP contribution in [-0.2, 0) is 17.3 Å². The fourth-order valence-electron chi connectivity index (χ4n) is 2.37. The quantitative estimate of drug-likeness (QED) is 0.839. The number of alkyl carbamates (subject to hydrolysis) is 1. The lowest BCUT2D eigenvalue weighted by Crippen LogP contribution is -2.50. The van der Waals surface area contributed by atoms with Crippen molar-refractivity contribution in [2.24, 2.45) is 7.05 Å². The van der Waals surface area contributed by atoms with Crippen LogP contribution in [0.4, 0.5) is 4.79 Å². The first-order valence-electron chi connectivity index (χ1n) is 6.82. The molecule has 0 aliphatic carbocycles. The molecule has 1 atom stereocenters. The molecule has 2 heterocycles. The molecule has 0 saturated carbocycles. The lowest BCUT2D eigenvalue weighted by molar-refractivity contribution is 0.0454. The zero-order valence-corrected chi connectivity index (χ0v) is 12.8. The summed E-state index contributed by atoms with van der Waals surface area (Å²) in [7, 11) is 1.90. The van der Waals surface area contributed by atoms with Gasteiger partial charge in [-0.3, -0.25) is 0 Å². The van der Waals surface area contributed by atoms with Crippen molar-refractivity contribution in [3.8, 4) is 0 Å². The molecular formula is C13H23N5O2. The van der Waals surface area contributed by atoms with Crippen molar-refractivity contribution in [2.45, 2.75) is 45.3 Å². The summed E-state index contributed by atoms with van der Waals surface area (Å²) in [6.07, 6.45) is 0.333. The van der Waals surface area contributed by atoms with Gasteiger partial charge in [0.1, 0.15) is 17.0 Å². The van der Waals surface area contributed by atoms with E-state index in [1.54, 1.807) is 0 Å². The summed E-state index contributed by atoms with van der Waals surface area (Å²) in [5, 5.41) is 14.5. The molecule has 112 valence electrons. The maximum Gasteiger partial charge on any atom is 0.408 e. The van der Waals surface area contributed by atoms with Gasteiger partial charge in [-0.2, -0.15) is 0 Å². The highest BCUT2D eigenvalue weighted by Gasteiger charge is 2.42. The zero-order valence-electron chi connectivity index (χ0n) is 12.8. The summed E-state index contributed by atoms with van der Waals surface area (Å²) >= 11 is 0. The molecule has 0 aromatic carbocycles. The number of aryl methyl sites for hydroxylation is 1. The van der Waals surface area contributed by atoms with Crippen LogP contribution < -0.4 is 10.6 Å². The third-order valence-corrected chi connectivity index (χ3v) is 3.42. The molecule has 0 bridgehead atoms. The number of nitrogens with zero attached hydrogens (tertiary/aromatic N) is 3. The van der Waals surface area contributed by atoms with Gasteiger partial charge >= 0.3 is 6.09 Å². The van der Waals surface area contributed by atoms with Gasteiger partial charge in [-0.05, 0) is 40.7 Å². The van der Waals surface area contributed by atoms with Crippen LogP contribution in [0.25, 0.3) is 0 Å². The lowest BCUT2D eigenvalue weighted by Gasteiger charge is -2.30. The number of nitrogens with one attached hydrogen (secondary N) is 2. The van der Waals surface area contributed by atoms with E-state index < -0.39 is 17.2 Å². The predicted molar refractivity (Wildman–Crippen MR) is 74.3 cm³/mol. The van der Waals surface area contributed by atoms with E-state index >= 15 is 0 Å². The third kappa shape index (κ3) is 2.92. The van der Waals surface area contributed by atoms with Crippen molar-refractivity contribution in [1.29, 1.82) is 0 Å². The molecule has 20 heavy (non-hydrogen) atoms. The minimum absolute atomic E-state index is 0.429. The van der Waals surface area contributed by atoms with Gasteiger partial charge in [-0.25, -0.2) is 4.79 Å². The van der Waals surface area contributed by atoms with E-state index in [0.29, 0.717) is 6.54 Å². The molecular weight excluding hydrogens is 258 g/mol. The highest BCUT2D eigenvalue weighted by atomic mass is 16.6. The van der Waals surface area contributed by atoms with Crippen molar-refractivity contribution in [2.75, 3.05) is 13.1 Å². The Labute approximate surface area is 119 Å². The summed E-state index contributed by atoms with van der Waals surface area (Å²) in [5.74, 6) is 1.57. The van der Waals surface area contributed by atoms with Crippen LogP contribution >= 0.6 is 0 Å². The van der Waals surface area contributed by atoms with Gasteiger partial charge in [0.2, 0.25) is 0 Å². The summed E-state index contributed by atoms with van der Waals surface area (Å²) in [6.45, 7) is 8.87. The largest absolute Gasteiger partial charge is 0.444 e. The minimum atomic E-state index is -0.557. The van der Waals surface area contributed by atoms with Gasteiger partial charge in [-0.1, -0.05) is 0 Å². The average Bonchev–Trinajstić information content (AvgIpc) is 2.86. The third-order valence-electron chi connectivity index (χ3n) is 3.42. The molecule has 1 unspecified atom stereocenters. The Bertz CT molecular complexity index is 497. The van der Waals surface area contributed by atoms with Crippen LogP contribution in [0.1, 0.15) is 38.8 Å². The Kier molecular flexibility index (Phi) is 3.73. The van der Waals surface area contributed by atoms with E-state index in [4.69, 9.17) is 4.74 Å². The number of amides is 1. The van der Waals surface area contributed by atoms with Crippen molar-refractivity contribution < 1.29 is 9.53 Å². The first kappa shape index (κ1) is 14.8. The topological polar surface area (TPSA) is 81.1 Å². The van der Waals surface area contributed by atoms with Gasteiger partial charge in [0, 0.05) is 13.6 Å². The normalized spacial score (nSPS) is 22.9. The Balaban J connectivity index is 2.23. The number of carbonyl (C=O) groups excluding carboxylic acids is 1. The predicted octanol–water partition coefficient (Wildman–Crippen LogP) is 0.837. The SMILES string of the molecule is Cc1nnc(C2(NC(=O)OC(C)(C)C)CCNC2)n1C. The van der Waals surface area contributed by atoms with Gasteiger partial charge < -0.3 is 19.9 Å². The fourth-order valence-corrected chi connectivity index (χ4v) is 2.37. The lowest BCUT2D eigenvalue weighted by atomic mass is 9.97. The molecule has 1 aliphatic rings. The Morgan fingerprint density at radius 3 is 2.60 bits per heavy atom. The minimum Gasteiger partial charge on any atom is -0.444 e. The highest BCUT2D eigenvalue weighted by Crippen LogP contribution is 2.27. The molecule has 1 saturated heterocycles. The molecule has 7 nitrogen and oxygen atoms in total. The fraction of sp³-hybridized carbons (Fsp3) is 0.769. The van der Waals surface area contributed by atoms with Crippen LogP contribution in [0.15, 0.2) is 0 Å². The maximum absolute atomic E-state index is 12.1. The van der Waals surface area contributed by atoms with Crippen molar-refractivity contribution in [3.63, 3.8) is 0 Å². The standard InChI is InChI=1S/C13H23N5O2/c1-9-16-17-10(18(9)5)13(6-7-14-8-13)15-11(19)20-12(2,3)4/h14H,6-8H2,1-5H3,(H,15,19). The number of hydrogen-bond acceptors (Lipinski definition) is 5. The Morgan fingerprint density at radius 2 is 2.15 bits per heavy atom. The molecule has 7 heteroatoms. The molecule has 2 rings (SSSR count). The van der Waals surface area contributed by atoms with Gasteiger partial charge in [0.05, 0.1) is 0 Å². The van der Waals surface area contributed by atoms with Crippen molar-refractivity contribution in [3.05, 3.63) is 11.6 Å². The van der Waals surface area contributed by atoms with Crippen molar-refractivity contribution in [1.82, 2.24) is 25.4 Å². The zero-order chi connectivity index (χ0) is 15.0. The van der Waals surface area contributed by atoms with Crippen LogP contribution in [-0.4, -0.2) is 39.5 Å². The Morgan fingerprint density at radius 1 is 1.45 bits per heavy atom. The van der Waals surface area contributed by atoms with E-state index in [1.165, 1.54) is 0 Å². The summed E-state index contributed by atoms with van der Waals surface area (Å²) < 4.78 is 7.26. The number of ether oxygens (including phenoxy) is 1. The Hall–Kier alpha value is -1.63. The first-order chi connectivity index (χ1) is 9.23. The number of hydrogen-bond donors (Lipinski definition) is 2. The van der Waals surface area contributed by atoms with Crippen LogP contribution in [0, 0.1) is 6.92 Å². The van der Waals surface area contributed by atoms with E-state index in [1.807, 2.05) is 39.3 Å². The molecule has 0 radical (unpaired) electrons. The molecule has 0 spiro atoms. The van der Waals surface area contributed by atoms with Gasteiger partial charge in [-0.15, -0.1) is 10.2 Å². The van der Waals surface area contributed by atoms with E-state index in [9.17, 15) is 4.79 Å². The average molecular weight is 281 g/mol. The van der Waals surface area contributed by atoms with Gasteiger partial charge in [0.25, 0.3) is 0 Å². The van der Waals surface area contributed by atoms with Crippen molar-refractivity contribution >= 4 is 6.09 Å². The highest BCUT2D eigenvalue weighted by molar-refractivity contribution is 5.69. The first-order valence-corrected chi connectivity index (χ1v) is 6.82. The van der Waals surface area contributed by atoms with Crippen LogP contribution in [0.2, 0.25) is 0 Å². The molecule has 2 N–H and O–H groups in total. The monoisotopic (exact) mass is 281 g/mol. The number of rotatable bonds is 2. The second kappa shape index (κ2) is 5.05. The summed E-state index contributed by atoms with van der Waals surface area (Å²) in [5.41, 5.74) is -1.08. The molecule has 1 aromatic rings. The second-order valence-electron chi connectivity index (χ2n) is 6.27. The molecule has 1 aromatic heterocycles.